The molecule has 1 aliphatic rings. The minimum absolute atomic E-state index is 0.118. The molecule has 0 spiro atoms. The van der Waals surface area contributed by atoms with Gasteiger partial charge in [0.15, 0.2) is 0 Å². The van der Waals surface area contributed by atoms with Crippen LogP contribution in [0.2, 0.25) is 0 Å². The maximum Gasteiger partial charge on any atom is 0.314 e. The summed E-state index contributed by atoms with van der Waals surface area (Å²) in [5, 5.41) is 9.74. The van der Waals surface area contributed by atoms with Gasteiger partial charge in [0.1, 0.15) is 12.7 Å². The molecule has 0 saturated carbocycles. The van der Waals surface area contributed by atoms with Crippen molar-refractivity contribution in [3.05, 3.63) is 12.7 Å². The van der Waals surface area contributed by atoms with E-state index in [9.17, 15) is 4.79 Å². The van der Waals surface area contributed by atoms with Gasteiger partial charge in [-0.05, 0) is 20.3 Å². The van der Waals surface area contributed by atoms with Crippen LogP contribution in [0.3, 0.4) is 0 Å². The van der Waals surface area contributed by atoms with Crippen LogP contribution in [0.5, 0.6) is 0 Å². The Bertz CT molecular complexity index is 429. The number of aryl methyl sites for hydroxylation is 1. The Morgan fingerprint density at radius 3 is 2.64 bits per heavy atom. The summed E-state index contributed by atoms with van der Waals surface area (Å²) in [6, 6.07) is -0.118. The molecule has 1 aromatic rings. The second-order valence-corrected chi connectivity index (χ2v) is 5.71. The Balaban J connectivity index is 1.50. The average molecular weight is 310 g/mol. The molecular weight excluding hydrogens is 284 g/mol. The van der Waals surface area contributed by atoms with Gasteiger partial charge in [-0.2, -0.15) is 5.10 Å². The van der Waals surface area contributed by atoms with E-state index in [0.717, 1.165) is 32.6 Å². The summed E-state index contributed by atoms with van der Waals surface area (Å²) >= 11 is 0. The summed E-state index contributed by atoms with van der Waals surface area (Å²) in [6.07, 6.45) is 4.52. The molecule has 22 heavy (non-hydrogen) atoms. The van der Waals surface area contributed by atoms with Gasteiger partial charge in [-0.25, -0.2) is 9.78 Å². The van der Waals surface area contributed by atoms with Gasteiger partial charge in [-0.15, -0.1) is 0 Å². The molecule has 124 valence electrons. The van der Waals surface area contributed by atoms with E-state index >= 15 is 0 Å². The Morgan fingerprint density at radius 2 is 1.95 bits per heavy atom. The predicted octanol–water partition coefficient (Wildman–Crippen LogP) is 0.0766. The summed E-state index contributed by atoms with van der Waals surface area (Å²) in [7, 11) is 0. The second kappa shape index (κ2) is 8.70. The Labute approximate surface area is 131 Å². The SMILES string of the molecule is C[C@H]1CN(CCNC(=O)NCCCn2cncn2)C[C@H](C)O1. The van der Waals surface area contributed by atoms with Crippen molar-refractivity contribution in [3.63, 3.8) is 0 Å². The largest absolute Gasteiger partial charge is 0.373 e. The van der Waals surface area contributed by atoms with Gasteiger partial charge in [0, 0.05) is 39.3 Å². The molecule has 0 radical (unpaired) electrons. The number of nitrogens with one attached hydrogen (secondary N) is 2. The fourth-order valence-electron chi connectivity index (χ4n) is 2.65. The van der Waals surface area contributed by atoms with E-state index < -0.39 is 0 Å². The molecule has 0 bridgehead atoms. The van der Waals surface area contributed by atoms with Gasteiger partial charge in [0.25, 0.3) is 0 Å². The molecule has 2 rings (SSSR count). The van der Waals surface area contributed by atoms with Crippen LogP contribution < -0.4 is 10.6 Å². The molecule has 0 aromatic carbocycles. The van der Waals surface area contributed by atoms with Gasteiger partial charge >= 0.3 is 6.03 Å². The number of hydrogen-bond acceptors (Lipinski definition) is 5. The Morgan fingerprint density at radius 1 is 1.23 bits per heavy atom. The number of morpholine rings is 1. The van der Waals surface area contributed by atoms with Gasteiger partial charge in [0.05, 0.1) is 12.2 Å². The van der Waals surface area contributed by atoms with Crippen molar-refractivity contribution in [2.75, 3.05) is 32.7 Å². The van der Waals surface area contributed by atoms with Gasteiger partial charge in [-0.1, -0.05) is 0 Å². The predicted molar refractivity (Wildman–Crippen MR) is 82.5 cm³/mol. The lowest BCUT2D eigenvalue weighted by atomic mass is 10.2. The van der Waals surface area contributed by atoms with Crippen LogP contribution in [0.25, 0.3) is 0 Å². The molecule has 1 aromatic heterocycles. The number of carbonyl (C=O) groups excluding carboxylic acids is 1. The number of amides is 2. The Kier molecular flexibility index (Phi) is 6.60. The van der Waals surface area contributed by atoms with Crippen molar-refractivity contribution in [3.8, 4) is 0 Å². The monoisotopic (exact) mass is 310 g/mol. The van der Waals surface area contributed by atoms with Crippen molar-refractivity contribution in [2.45, 2.75) is 39.0 Å². The van der Waals surface area contributed by atoms with Crippen LogP contribution in [0.1, 0.15) is 20.3 Å². The van der Waals surface area contributed by atoms with E-state index in [2.05, 4.69) is 39.5 Å². The lowest BCUT2D eigenvalue weighted by Gasteiger charge is -2.35. The molecule has 0 aliphatic carbocycles. The van der Waals surface area contributed by atoms with E-state index in [4.69, 9.17) is 4.74 Å². The number of hydrogen-bond donors (Lipinski definition) is 2. The van der Waals surface area contributed by atoms with E-state index in [-0.39, 0.29) is 18.2 Å². The first kappa shape index (κ1) is 16.7. The van der Waals surface area contributed by atoms with E-state index in [0.29, 0.717) is 13.1 Å². The zero-order valence-corrected chi connectivity index (χ0v) is 13.4. The normalized spacial score (nSPS) is 22.5. The highest BCUT2D eigenvalue weighted by atomic mass is 16.5. The first-order chi connectivity index (χ1) is 10.6. The summed E-state index contributed by atoms with van der Waals surface area (Å²) in [6.45, 7) is 8.88. The third kappa shape index (κ3) is 5.98. The number of rotatable bonds is 7. The standard InChI is InChI=1S/C14H26N6O2/c1-12-8-19(9-13(2)22-12)7-5-17-14(21)16-4-3-6-20-11-15-10-18-20/h10-13H,3-9H2,1-2H3,(H2,16,17,21)/t12-,13-/m0/s1. The first-order valence-electron chi connectivity index (χ1n) is 7.85. The minimum Gasteiger partial charge on any atom is -0.373 e. The molecule has 1 saturated heterocycles. The number of nitrogens with zero attached hydrogens (tertiary/aromatic N) is 4. The molecule has 2 atom stereocenters. The van der Waals surface area contributed by atoms with Gasteiger partial charge in [0.2, 0.25) is 0 Å². The van der Waals surface area contributed by atoms with Crippen molar-refractivity contribution < 1.29 is 9.53 Å². The summed E-state index contributed by atoms with van der Waals surface area (Å²) < 4.78 is 7.44. The third-order valence-electron chi connectivity index (χ3n) is 3.52. The van der Waals surface area contributed by atoms with Crippen molar-refractivity contribution in [1.82, 2.24) is 30.3 Å². The quantitative estimate of drug-likeness (QED) is 0.697. The fourth-order valence-corrected chi connectivity index (χ4v) is 2.65. The number of carbonyl (C=O) groups is 1. The molecule has 2 N–H and O–H groups in total. The number of urea groups is 1. The van der Waals surface area contributed by atoms with Crippen molar-refractivity contribution >= 4 is 6.03 Å². The molecule has 8 heteroatoms. The zero-order valence-electron chi connectivity index (χ0n) is 13.4. The Hall–Kier alpha value is -1.67. The highest BCUT2D eigenvalue weighted by Crippen LogP contribution is 2.09. The highest BCUT2D eigenvalue weighted by molar-refractivity contribution is 5.73. The average Bonchev–Trinajstić information content (AvgIpc) is 2.96. The second-order valence-electron chi connectivity index (χ2n) is 5.71. The molecule has 2 heterocycles. The van der Waals surface area contributed by atoms with Crippen LogP contribution in [0, 0.1) is 0 Å². The summed E-state index contributed by atoms with van der Waals surface area (Å²) in [5.74, 6) is 0. The molecular formula is C14H26N6O2. The van der Waals surface area contributed by atoms with Gasteiger partial charge < -0.3 is 15.4 Å². The molecule has 0 unspecified atom stereocenters. The molecule has 8 nitrogen and oxygen atoms in total. The van der Waals surface area contributed by atoms with E-state index in [1.807, 2.05) is 0 Å². The first-order valence-corrected chi connectivity index (χ1v) is 7.85. The van der Waals surface area contributed by atoms with E-state index in [1.165, 1.54) is 6.33 Å². The third-order valence-corrected chi connectivity index (χ3v) is 3.52. The van der Waals surface area contributed by atoms with Crippen molar-refractivity contribution in [2.24, 2.45) is 0 Å². The highest BCUT2D eigenvalue weighted by Gasteiger charge is 2.21. The molecule has 1 aliphatic heterocycles. The van der Waals surface area contributed by atoms with E-state index in [1.54, 1.807) is 11.0 Å². The number of ether oxygens (including phenoxy) is 1. The van der Waals surface area contributed by atoms with Crippen molar-refractivity contribution in [1.29, 1.82) is 0 Å². The maximum absolute atomic E-state index is 11.7. The zero-order chi connectivity index (χ0) is 15.8. The maximum atomic E-state index is 11.7. The summed E-state index contributed by atoms with van der Waals surface area (Å²) in [5.41, 5.74) is 0. The topological polar surface area (TPSA) is 84.3 Å². The summed E-state index contributed by atoms with van der Waals surface area (Å²) in [4.78, 5) is 17.9. The van der Waals surface area contributed by atoms with Gasteiger partial charge in [-0.3, -0.25) is 9.58 Å². The van der Waals surface area contributed by atoms with Crippen LogP contribution in [0.4, 0.5) is 4.79 Å². The number of aromatic nitrogens is 3. The van der Waals surface area contributed by atoms with Crippen LogP contribution >= 0.6 is 0 Å². The smallest absolute Gasteiger partial charge is 0.314 e. The molecule has 2 amide bonds. The minimum atomic E-state index is -0.118. The lowest BCUT2D eigenvalue weighted by Crippen LogP contribution is -2.48. The van der Waals surface area contributed by atoms with Crippen LogP contribution in [0.15, 0.2) is 12.7 Å². The van der Waals surface area contributed by atoms with Crippen LogP contribution in [-0.2, 0) is 11.3 Å². The molecule has 1 fully saturated rings. The van der Waals surface area contributed by atoms with Crippen LogP contribution in [-0.4, -0.2) is 70.6 Å². The lowest BCUT2D eigenvalue weighted by molar-refractivity contribution is -0.0672. The fraction of sp³-hybridized carbons (Fsp3) is 0.786.